The second kappa shape index (κ2) is 7.19. The molecule has 0 unspecified atom stereocenters. The number of piperidine rings is 1. The van der Waals surface area contributed by atoms with Gasteiger partial charge in [-0.2, -0.15) is 17.0 Å². The fraction of sp³-hybridized carbons (Fsp3) is 0.562. The first-order valence-corrected chi connectivity index (χ1v) is 9.73. The molecule has 3 rings (SSSR count). The highest BCUT2D eigenvalue weighted by Gasteiger charge is 2.31. The molecule has 1 aliphatic heterocycles. The van der Waals surface area contributed by atoms with Crippen LogP contribution >= 0.6 is 0 Å². The van der Waals surface area contributed by atoms with Gasteiger partial charge in [0.2, 0.25) is 0 Å². The number of rotatable bonds is 5. The van der Waals surface area contributed by atoms with Crippen molar-refractivity contribution in [2.45, 2.75) is 19.3 Å². The SMILES string of the molecule is CN(C)S(=O)(=O)N1CCC[C@H](Cc2nccnc2-c2cncn2C)C1. The van der Waals surface area contributed by atoms with Gasteiger partial charge in [-0.05, 0) is 25.2 Å². The van der Waals surface area contributed by atoms with Crippen LogP contribution in [-0.4, -0.2) is 63.7 Å². The first-order chi connectivity index (χ1) is 11.9. The number of aromatic nitrogens is 4. The van der Waals surface area contributed by atoms with E-state index < -0.39 is 10.2 Å². The lowest BCUT2D eigenvalue weighted by Gasteiger charge is -2.33. The van der Waals surface area contributed by atoms with Crippen molar-refractivity contribution in [3.63, 3.8) is 0 Å². The predicted octanol–water partition coefficient (Wildman–Crippen LogP) is 0.938. The van der Waals surface area contributed by atoms with Gasteiger partial charge in [0.25, 0.3) is 10.2 Å². The molecule has 1 saturated heterocycles. The van der Waals surface area contributed by atoms with Gasteiger partial charge in [-0.15, -0.1) is 0 Å². The molecule has 0 aliphatic carbocycles. The molecule has 3 heterocycles. The molecule has 25 heavy (non-hydrogen) atoms. The predicted molar refractivity (Wildman–Crippen MR) is 94.8 cm³/mol. The van der Waals surface area contributed by atoms with Gasteiger partial charge >= 0.3 is 0 Å². The van der Waals surface area contributed by atoms with Crippen LogP contribution in [0.2, 0.25) is 0 Å². The molecular formula is C16H24N6O2S. The minimum absolute atomic E-state index is 0.229. The Labute approximate surface area is 148 Å². The molecule has 0 bridgehead atoms. The molecule has 0 amide bonds. The van der Waals surface area contributed by atoms with Crippen LogP contribution in [0.1, 0.15) is 18.5 Å². The second-order valence-corrected chi connectivity index (χ2v) is 8.74. The summed E-state index contributed by atoms with van der Waals surface area (Å²) in [6, 6.07) is 0. The van der Waals surface area contributed by atoms with E-state index in [4.69, 9.17) is 0 Å². The molecule has 0 spiro atoms. The zero-order chi connectivity index (χ0) is 18.0. The molecule has 136 valence electrons. The molecule has 1 atom stereocenters. The molecule has 0 N–H and O–H groups in total. The van der Waals surface area contributed by atoms with Gasteiger partial charge in [-0.3, -0.25) is 9.97 Å². The Morgan fingerprint density at radius 3 is 2.72 bits per heavy atom. The van der Waals surface area contributed by atoms with E-state index in [-0.39, 0.29) is 5.92 Å². The van der Waals surface area contributed by atoms with Gasteiger partial charge in [-0.1, -0.05) is 0 Å². The van der Waals surface area contributed by atoms with E-state index in [0.717, 1.165) is 29.9 Å². The standard InChI is InChI=1S/C16H24N6O2S/c1-20(2)25(23,24)22-8-4-5-13(11-22)9-14-16(19-7-6-18-14)15-10-17-12-21(15)3/h6-7,10,12-13H,4-5,8-9,11H2,1-3H3/t13-/m1/s1. The van der Waals surface area contributed by atoms with Gasteiger partial charge < -0.3 is 4.57 Å². The van der Waals surface area contributed by atoms with Crippen LogP contribution in [0.25, 0.3) is 11.4 Å². The molecule has 1 aliphatic rings. The molecule has 0 radical (unpaired) electrons. The summed E-state index contributed by atoms with van der Waals surface area (Å²) in [5.74, 6) is 0.229. The fourth-order valence-corrected chi connectivity index (χ4v) is 4.44. The maximum Gasteiger partial charge on any atom is 0.281 e. The number of hydrogen-bond acceptors (Lipinski definition) is 5. The first kappa shape index (κ1) is 18.0. The molecule has 1 fully saturated rings. The van der Waals surface area contributed by atoms with E-state index in [9.17, 15) is 8.42 Å². The summed E-state index contributed by atoms with van der Waals surface area (Å²) in [5.41, 5.74) is 2.62. The van der Waals surface area contributed by atoms with E-state index in [2.05, 4.69) is 15.0 Å². The Hall–Kier alpha value is -1.84. The van der Waals surface area contributed by atoms with E-state index >= 15 is 0 Å². The van der Waals surface area contributed by atoms with Crippen molar-refractivity contribution in [1.29, 1.82) is 0 Å². The van der Waals surface area contributed by atoms with Crippen LogP contribution in [0.4, 0.5) is 0 Å². The molecular weight excluding hydrogens is 340 g/mol. The van der Waals surface area contributed by atoms with Crippen molar-refractivity contribution in [2.24, 2.45) is 13.0 Å². The lowest BCUT2D eigenvalue weighted by atomic mass is 9.93. The Bertz CT molecular complexity index is 833. The maximum atomic E-state index is 12.4. The first-order valence-electron chi connectivity index (χ1n) is 8.33. The fourth-order valence-electron chi connectivity index (χ4n) is 3.22. The minimum Gasteiger partial charge on any atom is -0.332 e. The van der Waals surface area contributed by atoms with Crippen LogP contribution in [-0.2, 0) is 23.7 Å². The Balaban J connectivity index is 1.81. The maximum absolute atomic E-state index is 12.4. The molecule has 0 saturated carbocycles. The summed E-state index contributed by atoms with van der Waals surface area (Å²) in [5, 5.41) is 0. The highest BCUT2D eigenvalue weighted by Crippen LogP contribution is 2.26. The normalized spacial score (nSPS) is 19.4. The van der Waals surface area contributed by atoms with Crippen LogP contribution < -0.4 is 0 Å². The summed E-state index contributed by atoms with van der Waals surface area (Å²) in [7, 11) is 1.70. The second-order valence-electron chi connectivity index (χ2n) is 6.60. The van der Waals surface area contributed by atoms with Gasteiger partial charge in [0.1, 0.15) is 5.69 Å². The summed E-state index contributed by atoms with van der Waals surface area (Å²) < 4.78 is 29.5. The van der Waals surface area contributed by atoms with Crippen LogP contribution in [0.3, 0.4) is 0 Å². The topological polar surface area (TPSA) is 84.2 Å². The summed E-state index contributed by atoms with van der Waals surface area (Å²) >= 11 is 0. The Morgan fingerprint density at radius 2 is 2.04 bits per heavy atom. The van der Waals surface area contributed by atoms with Crippen molar-refractivity contribution < 1.29 is 8.42 Å². The number of aryl methyl sites for hydroxylation is 1. The van der Waals surface area contributed by atoms with E-state index in [1.54, 1.807) is 43.3 Å². The monoisotopic (exact) mass is 364 g/mol. The van der Waals surface area contributed by atoms with Crippen LogP contribution in [0.5, 0.6) is 0 Å². The van der Waals surface area contributed by atoms with Crippen molar-refractivity contribution >= 4 is 10.2 Å². The van der Waals surface area contributed by atoms with Crippen molar-refractivity contribution in [3.05, 3.63) is 30.6 Å². The highest BCUT2D eigenvalue weighted by molar-refractivity contribution is 7.86. The Kier molecular flexibility index (Phi) is 5.16. The summed E-state index contributed by atoms with van der Waals surface area (Å²) in [6.07, 6.45) is 9.42. The van der Waals surface area contributed by atoms with Gasteiger partial charge in [-0.25, -0.2) is 4.98 Å². The quantitative estimate of drug-likeness (QED) is 0.788. The van der Waals surface area contributed by atoms with Crippen LogP contribution in [0.15, 0.2) is 24.9 Å². The van der Waals surface area contributed by atoms with E-state index in [1.807, 2.05) is 11.6 Å². The van der Waals surface area contributed by atoms with Gasteiger partial charge in [0, 0.05) is 46.6 Å². The molecule has 9 heteroatoms. The number of imidazole rings is 1. The highest BCUT2D eigenvalue weighted by atomic mass is 32.2. The molecule has 2 aromatic rings. The zero-order valence-electron chi connectivity index (χ0n) is 14.8. The van der Waals surface area contributed by atoms with Crippen LogP contribution in [0, 0.1) is 5.92 Å². The third-order valence-corrected chi connectivity index (χ3v) is 6.49. The van der Waals surface area contributed by atoms with E-state index in [1.165, 1.54) is 4.31 Å². The summed E-state index contributed by atoms with van der Waals surface area (Å²) in [6.45, 7) is 1.09. The molecule has 0 aromatic carbocycles. The van der Waals surface area contributed by atoms with Crippen molar-refractivity contribution in [2.75, 3.05) is 27.2 Å². The van der Waals surface area contributed by atoms with Gasteiger partial charge in [0.05, 0.1) is 23.9 Å². The number of hydrogen-bond donors (Lipinski definition) is 0. The smallest absolute Gasteiger partial charge is 0.281 e. The largest absolute Gasteiger partial charge is 0.332 e. The van der Waals surface area contributed by atoms with Crippen molar-refractivity contribution in [3.8, 4) is 11.4 Å². The summed E-state index contributed by atoms with van der Waals surface area (Å²) in [4.78, 5) is 13.1. The molecule has 2 aromatic heterocycles. The average molecular weight is 364 g/mol. The van der Waals surface area contributed by atoms with Crippen molar-refractivity contribution in [1.82, 2.24) is 28.1 Å². The lowest BCUT2D eigenvalue weighted by molar-refractivity contribution is 0.253. The average Bonchev–Trinajstić information content (AvgIpc) is 3.01. The zero-order valence-corrected chi connectivity index (χ0v) is 15.6. The van der Waals surface area contributed by atoms with E-state index in [0.29, 0.717) is 19.5 Å². The third kappa shape index (κ3) is 3.73. The lowest BCUT2D eigenvalue weighted by Crippen LogP contribution is -2.45. The molecule has 8 nitrogen and oxygen atoms in total. The minimum atomic E-state index is -3.37. The number of nitrogens with zero attached hydrogens (tertiary/aromatic N) is 6. The van der Waals surface area contributed by atoms with Gasteiger partial charge in [0.15, 0.2) is 0 Å². The Morgan fingerprint density at radius 1 is 1.28 bits per heavy atom. The third-order valence-electron chi connectivity index (χ3n) is 4.58.